The second-order valence-corrected chi connectivity index (χ2v) is 8.51. The standard InChI is InChI=1S/C25H30N2O4/c1-6-20(28)16-30-21-12-14-23-18(15-21)9-13-22(26-23)17-7-10-19(11-8-17)27(5)24(29)31-25(2,3)4/h7-15,20,28H,6,16H2,1-5H3/t20-/m1/s1. The minimum atomic E-state index is -0.541. The van der Waals surface area contributed by atoms with Gasteiger partial charge < -0.3 is 14.6 Å². The molecule has 0 aliphatic carbocycles. The summed E-state index contributed by atoms with van der Waals surface area (Å²) < 4.78 is 11.1. The van der Waals surface area contributed by atoms with Crippen LogP contribution < -0.4 is 9.64 Å². The number of carbonyl (C=O) groups is 1. The van der Waals surface area contributed by atoms with Gasteiger partial charge in [0, 0.05) is 23.7 Å². The maximum Gasteiger partial charge on any atom is 0.414 e. The number of nitrogens with zero attached hydrogens (tertiary/aromatic N) is 2. The van der Waals surface area contributed by atoms with E-state index in [9.17, 15) is 9.90 Å². The number of benzene rings is 2. The summed E-state index contributed by atoms with van der Waals surface area (Å²) in [6.45, 7) is 7.73. The molecule has 31 heavy (non-hydrogen) atoms. The van der Waals surface area contributed by atoms with Gasteiger partial charge >= 0.3 is 6.09 Å². The minimum absolute atomic E-state index is 0.275. The van der Waals surface area contributed by atoms with Crippen LogP contribution in [0.15, 0.2) is 54.6 Å². The van der Waals surface area contributed by atoms with Gasteiger partial charge in [0.15, 0.2) is 0 Å². The Morgan fingerprint density at radius 1 is 1.10 bits per heavy atom. The van der Waals surface area contributed by atoms with Crippen molar-refractivity contribution in [1.29, 1.82) is 0 Å². The highest BCUT2D eigenvalue weighted by molar-refractivity contribution is 5.88. The highest BCUT2D eigenvalue weighted by atomic mass is 16.6. The average molecular weight is 423 g/mol. The molecule has 1 amide bonds. The van der Waals surface area contributed by atoms with Crippen LogP contribution in [-0.2, 0) is 4.74 Å². The summed E-state index contributed by atoms with van der Waals surface area (Å²) in [5, 5.41) is 10.6. The third-order valence-corrected chi connectivity index (χ3v) is 4.79. The molecule has 6 heteroatoms. The number of hydrogen-bond donors (Lipinski definition) is 1. The number of aromatic nitrogens is 1. The summed E-state index contributed by atoms with van der Waals surface area (Å²) in [5.74, 6) is 0.712. The zero-order valence-electron chi connectivity index (χ0n) is 18.8. The van der Waals surface area contributed by atoms with Crippen molar-refractivity contribution in [3.63, 3.8) is 0 Å². The molecule has 1 N–H and O–H groups in total. The van der Waals surface area contributed by atoms with E-state index in [1.807, 2.05) is 82.3 Å². The summed E-state index contributed by atoms with van der Waals surface area (Å²) in [7, 11) is 1.69. The molecule has 1 aromatic heterocycles. The molecule has 3 rings (SSSR count). The normalized spacial score (nSPS) is 12.5. The Hall–Kier alpha value is -3.12. The van der Waals surface area contributed by atoms with Gasteiger partial charge in [-0.15, -0.1) is 0 Å². The lowest BCUT2D eigenvalue weighted by Gasteiger charge is -2.24. The fourth-order valence-electron chi connectivity index (χ4n) is 2.96. The van der Waals surface area contributed by atoms with E-state index in [0.717, 1.165) is 27.8 Å². The molecule has 0 radical (unpaired) electrons. The van der Waals surface area contributed by atoms with E-state index in [1.165, 1.54) is 4.90 Å². The van der Waals surface area contributed by atoms with E-state index in [4.69, 9.17) is 14.5 Å². The molecule has 0 bridgehead atoms. The van der Waals surface area contributed by atoms with E-state index < -0.39 is 17.8 Å². The number of aliphatic hydroxyl groups is 1. The summed E-state index contributed by atoms with van der Waals surface area (Å²) in [6, 6.07) is 17.3. The van der Waals surface area contributed by atoms with Crippen LogP contribution in [-0.4, -0.2) is 41.5 Å². The Balaban J connectivity index is 1.75. The SMILES string of the molecule is CC[C@@H](O)COc1ccc2nc(-c3ccc(N(C)C(=O)OC(C)(C)C)cc3)ccc2c1. The van der Waals surface area contributed by atoms with Gasteiger partial charge in [0.05, 0.1) is 17.3 Å². The zero-order valence-corrected chi connectivity index (χ0v) is 18.8. The number of hydrogen-bond acceptors (Lipinski definition) is 5. The van der Waals surface area contributed by atoms with Crippen LogP contribution >= 0.6 is 0 Å². The van der Waals surface area contributed by atoms with Crippen molar-refractivity contribution in [3.05, 3.63) is 54.6 Å². The first-order valence-corrected chi connectivity index (χ1v) is 10.4. The summed E-state index contributed by atoms with van der Waals surface area (Å²) in [5.41, 5.74) is 2.86. The Kier molecular flexibility index (Phi) is 6.81. The van der Waals surface area contributed by atoms with Crippen molar-refractivity contribution < 1.29 is 19.4 Å². The van der Waals surface area contributed by atoms with Crippen LogP contribution in [0.1, 0.15) is 34.1 Å². The van der Waals surface area contributed by atoms with Gasteiger partial charge in [0.1, 0.15) is 18.0 Å². The lowest BCUT2D eigenvalue weighted by Crippen LogP contribution is -2.34. The predicted octanol–water partition coefficient (Wildman–Crippen LogP) is 5.42. The minimum Gasteiger partial charge on any atom is -0.491 e. The van der Waals surface area contributed by atoms with Gasteiger partial charge in [-0.3, -0.25) is 4.90 Å². The molecule has 2 aromatic carbocycles. The molecule has 0 unspecified atom stereocenters. The van der Waals surface area contributed by atoms with Crippen LogP contribution in [0.4, 0.5) is 10.5 Å². The van der Waals surface area contributed by atoms with Gasteiger partial charge in [0.2, 0.25) is 0 Å². The maximum absolute atomic E-state index is 12.3. The first kappa shape index (κ1) is 22.6. The van der Waals surface area contributed by atoms with Crippen LogP contribution in [0, 0.1) is 0 Å². The van der Waals surface area contributed by atoms with Gasteiger partial charge in [-0.2, -0.15) is 0 Å². The van der Waals surface area contributed by atoms with Crippen molar-refractivity contribution >= 4 is 22.7 Å². The molecule has 0 saturated heterocycles. The van der Waals surface area contributed by atoms with Crippen molar-refractivity contribution in [2.45, 2.75) is 45.8 Å². The molecule has 164 valence electrons. The smallest absolute Gasteiger partial charge is 0.414 e. The quantitative estimate of drug-likeness (QED) is 0.574. The molecule has 0 fully saturated rings. The number of ether oxygens (including phenoxy) is 2. The Labute approximate surface area is 183 Å². The number of carbonyl (C=O) groups excluding carboxylic acids is 1. The largest absolute Gasteiger partial charge is 0.491 e. The monoisotopic (exact) mass is 422 g/mol. The second kappa shape index (κ2) is 9.35. The maximum atomic E-state index is 12.3. The highest BCUT2D eigenvalue weighted by Gasteiger charge is 2.20. The Bertz CT molecular complexity index is 1040. The third kappa shape index (κ3) is 5.95. The molecular formula is C25H30N2O4. The van der Waals surface area contributed by atoms with E-state index in [2.05, 4.69) is 0 Å². The van der Waals surface area contributed by atoms with E-state index in [-0.39, 0.29) is 6.61 Å². The fourth-order valence-corrected chi connectivity index (χ4v) is 2.96. The van der Waals surface area contributed by atoms with E-state index >= 15 is 0 Å². The van der Waals surface area contributed by atoms with Crippen LogP contribution in [0.2, 0.25) is 0 Å². The molecule has 0 spiro atoms. The lowest BCUT2D eigenvalue weighted by molar-refractivity contribution is 0.0589. The predicted molar refractivity (Wildman–Crippen MR) is 124 cm³/mol. The average Bonchev–Trinajstić information content (AvgIpc) is 2.75. The van der Waals surface area contributed by atoms with E-state index in [1.54, 1.807) is 7.05 Å². The number of aliphatic hydroxyl groups excluding tert-OH is 1. The van der Waals surface area contributed by atoms with Crippen LogP contribution in [0.25, 0.3) is 22.2 Å². The summed E-state index contributed by atoms with van der Waals surface area (Å²) in [6.07, 6.45) is -0.202. The van der Waals surface area contributed by atoms with Gasteiger partial charge in [0.25, 0.3) is 0 Å². The van der Waals surface area contributed by atoms with Crippen molar-refractivity contribution in [1.82, 2.24) is 4.98 Å². The number of rotatable bonds is 6. The molecular weight excluding hydrogens is 392 g/mol. The number of pyridine rings is 1. The zero-order chi connectivity index (χ0) is 22.6. The first-order chi connectivity index (χ1) is 14.7. The number of anilines is 1. The van der Waals surface area contributed by atoms with Crippen molar-refractivity contribution in [2.24, 2.45) is 0 Å². The molecule has 1 atom stereocenters. The Morgan fingerprint density at radius 3 is 2.45 bits per heavy atom. The van der Waals surface area contributed by atoms with E-state index in [0.29, 0.717) is 12.2 Å². The van der Waals surface area contributed by atoms with Gasteiger partial charge in [-0.1, -0.05) is 25.1 Å². The van der Waals surface area contributed by atoms with Gasteiger partial charge in [-0.05, 0) is 63.6 Å². The summed E-state index contributed by atoms with van der Waals surface area (Å²) in [4.78, 5) is 18.5. The molecule has 6 nitrogen and oxygen atoms in total. The molecule has 1 heterocycles. The van der Waals surface area contributed by atoms with Crippen LogP contribution in [0.3, 0.4) is 0 Å². The first-order valence-electron chi connectivity index (χ1n) is 10.4. The third-order valence-electron chi connectivity index (χ3n) is 4.79. The topological polar surface area (TPSA) is 71.9 Å². The lowest BCUT2D eigenvalue weighted by atomic mass is 10.1. The molecule has 0 saturated carbocycles. The molecule has 3 aromatic rings. The highest BCUT2D eigenvalue weighted by Crippen LogP contribution is 2.26. The van der Waals surface area contributed by atoms with Crippen LogP contribution in [0.5, 0.6) is 5.75 Å². The number of fused-ring (bicyclic) bond motifs is 1. The Morgan fingerprint density at radius 2 is 1.81 bits per heavy atom. The fraction of sp³-hybridized carbons (Fsp3) is 0.360. The van der Waals surface area contributed by atoms with Crippen molar-refractivity contribution in [2.75, 3.05) is 18.6 Å². The second-order valence-electron chi connectivity index (χ2n) is 8.51. The number of amides is 1. The summed E-state index contributed by atoms with van der Waals surface area (Å²) >= 11 is 0. The molecule has 0 aliphatic rings. The van der Waals surface area contributed by atoms with Crippen molar-refractivity contribution in [3.8, 4) is 17.0 Å². The van der Waals surface area contributed by atoms with Gasteiger partial charge in [-0.25, -0.2) is 9.78 Å². The molecule has 0 aliphatic heterocycles.